The standard InChI is InChI=1S/C23H37N7S/c1-4-22-27-20(16-31-22)14-28-9-6-19(7-10-28)13-26-23(24-3)29-11-5-18(2)21(15-29)30-12-8-25-17-30/h8,12,16-19,21H,4-7,9-11,13-15H2,1-3H3,(H,24,26). The number of imidazole rings is 1. The van der Waals surface area contributed by atoms with Crippen LogP contribution in [0.5, 0.6) is 0 Å². The van der Waals surface area contributed by atoms with Gasteiger partial charge in [-0.2, -0.15) is 0 Å². The predicted molar refractivity (Wildman–Crippen MR) is 127 cm³/mol. The molecule has 4 rings (SSSR count). The number of hydrogen-bond donors (Lipinski definition) is 1. The molecule has 0 aromatic carbocycles. The smallest absolute Gasteiger partial charge is 0.193 e. The van der Waals surface area contributed by atoms with Crippen LogP contribution < -0.4 is 5.32 Å². The minimum Gasteiger partial charge on any atom is -0.356 e. The third kappa shape index (κ3) is 5.66. The van der Waals surface area contributed by atoms with Crippen molar-refractivity contribution >= 4 is 17.3 Å². The summed E-state index contributed by atoms with van der Waals surface area (Å²) >= 11 is 1.79. The van der Waals surface area contributed by atoms with E-state index in [0.29, 0.717) is 17.9 Å². The van der Waals surface area contributed by atoms with Crippen LogP contribution in [-0.4, -0.2) is 70.1 Å². The fourth-order valence-electron chi connectivity index (χ4n) is 4.82. The number of guanidine groups is 1. The molecule has 2 aliphatic heterocycles. The third-order valence-electron chi connectivity index (χ3n) is 6.88. The van der Waals surface area contributed by atoms with Crippen LogP contribution in [0, 0.1) is 11.8 Å². The van der Waals surface area contributed by atoms with E-state index in [0.717, 1.165) is 51.6 Å². The molecule has 0 spiro atoms. The maximum Gasteiger partial charge on any atom is 0.193 e. The number of likely N-dealkylation sites (tertiary alicyclic amines) is 2. The van der Waals surface area contributed by atoms with E-state index in [1.54, 1.807) is 11.3 Å². The highest BCUT2D eigenvalue weighted by atomic mass is 32.1. The monoisotopic (exact) mass is 443 g/mol. The van der Waals surface area contributed by atoms with Gasteiger partial charge in [0.05, 0.1) is 23.1 Å². The molecule has 0 aliphatic carbocycles. The van der Waals surface area contributed by atoms with E-state index in [9.17, 15) is 0 Å². The summed E-state index contributed by atoms with van der Waals surface area (Å²) in [4.78, 5) is 18.6. The molecule has 31 heavy (non-hydrogen) atoms. The van der Waals surface area contributed by atoms with E-state index in [1.807, 2.05) is 19.6 Å². The highest BCUT2D eigenvalue weighted by Gasteiger charge is 2.29. The van der Waals surface area contributed by atoms with Crippen molar-refractivity contribution in [3.8, 4) is 0 Å². The Morgan fingerprint density at radius 3 is 2.77 bits per heavy atom. The Labute approximate surface area is 190 Å². The highest BCUT2D eigenvalue weighted by molar-refractivity contribution is 7.09. The van der Waals surface area contributed by atoms with Gasteiger partial charge in [-0.05, 0) is 50.6 Å². The first-order valence-electron chi connectivity index (χ1n) is 11.7. The van der Waals surface area contributed by atoms with E-state index < -0.39 is 0 Å². The summed E-state index contributed by atoms with van der Waals surface area (Å²) in [6, 6.07) is 0.456. The fraction of sp³-hybridized carbons (Fsp3) is 0.696. The van der Waals surface area contributed by atoms with Crippen molar-refractivity contribution in [3.63, 3.8) is 0 Å². The largest absolute Gasteiger partial charge is 0.356 e. The highest BCUT2D eigenvalue weighted by Crippen LogP contribution is 2.27. The van der Waals surface area contributed by atoms with E-state index in [4.69, 9.17) is 4.98 Å². The predicted octanol–water partition coefficient (Wildman–Crippen LogP) is 3.27. The van der Waals surface area contributed by atoms with Crippen molar-refractivity contribution < 1.29 is 0 Å². The molecule has 2 aromatic heterocycles. The molecule has 0 radical (unpaired) electrons. The second kappa shape index (κ2) is 10.6. The minimum absolute atomic E-state index is 0.456. The minimum atomic E-state index is 0.456. The molecule has 2 fully saturated rings. The molecule has 170 valence electrons. The van der Waals surface area contributed by atoms with E-state index >= 15 is 0 Å². The molecule has 4 heterocycles. The van der Waals surface area contributed by atoms with Gasteiger partial charge in [0.25, 0.3) is 0 Å². The molecule has 0 bridgehead atoms. The molecule has 2 unspecified atom stereocenters. The topological polar surface area (TPSA) is 61.6 Å². The molecule has 7 nitrogen and oxygen atoms in total. The molecule has 0 saturated carbocycles. The normalized spacial score (nSPS) is 24.0. The second-order valence-corrected chi connectivity index (χ2v) is 9.97. The van der Waals surface area contributed by atoms with Gasteiger partial charge in [0.15, 0.2) is 5.96 Å². The van der Waals surface area contributed by atoms with Crippen LogP contribution in [0.3, 0.4) is 0 Å². The molecule has 8 heteroatoms. The Morgan fingerprint density at radius 1 is 1.26 bits per heavy atom. The summed E-state index contributed by atoms with van der Waals surface area (Å²) in [6.45, 7) is 10.9. The maximum absolute atomic E-state index is 4.73. The van der Waals surface area contributed by atoms with Gasteiger partial charge in [0, 0.05) is 51.0 Å². The third-order valence-corrected chi connectivity index (χ3v) is 7.92. The van der Waals surface area contributed by atoms with Crippen LogP contribution in [0.1, 0.15) is 49.9 Å². The molecule has 0 amide bonds. The molecular formula is C23H37N7S. The number of nitrogens with zero attached hydrogens (tertiary/aromatic N) is 6. The van der Waals surface area contributed by atoms with Crippen LogP contribution in [0.15, 0.2) is 29.1 Å². The molecular weight excluding hydrogens is 406 g/mol. The van der Waals surface area contributed by atoms with Crippen molar-refractivity contribution in [3.05, 3.63) is 34.8 Å². The van der Waals surface area contributed by atoms with Crippen LogP contribution in [0.25, 0.3) is 0 Å². The van der Waals surface area contributed by atoms with Crippen LogP contribution in [0.2, 0.25) is 0 Å². The van der Waals surface area contributed by atoms with Gasteiger partial charge in [-0.25, -0.2) is 9.97 Å². The Hall–Kier alpha value is -1.93. The Balaban J connectivity index is 1.23. The van der Waals surface area contributed by atoms with Gasteiger partial charge in [0.2, 0.25) is 0 Å². The molecule has 2 aromatic rings. The zero-order valence-corrected chi connectivity index (χ0v) is 20.0. The number of thiazole rings is 1. The number of rotatable bonds is 6. The number of hydrogen-bond acceptors (Lipinski definition) is 5. The average molecular weight is 444 g/mol. The van der Waals surface area contributed by atoms with Crippen molar-refractivity contribution in [2.24, 2.45) is 16.8 Å². The van der Waals surface area contributed by atoms with Gasteiger partial charge in [-0.3, -0.25) is 9.89 Å². The van der Waals surface area contributed by atoms with Gasteiger partial charge < -0.3 is 14.8 Å². The molecule has 1 N–H and O–H groups in total. The summed E-state index contributed by atoms with van der Waals surface area (Å²) in [5.74, 6) is 2.41. The summed E-state index contributed by atoms with van der Waals surface area (Å²) in [6.07, 6.45) is 10.6. The van der Waals surface area contributed by atoms with Gasteiger partial charge in [-0.1, -0.05) is 13.8 Å². The summed E-state index contributed by atoms with van der Waals surface area (Å²) < 4.78 is 2.26. The zero-order valence-electron chi connectivity index (χ0n) is 19.2. The van der Waals surface area contributed by atoms with Crippen LogP contribution in [-0.2, 0) is 13.0 Å². The van der Waals surface area contributed by atoms with E-state index in [2.05, 4.69) is 55.1 Å². The SMILES string of the molecule is CCc1nc(CN2CCC(CNC(=NC)N3CCC(C)C(n4ccnc4)C3)CC2)cs1. The van der Waals surface area contributed by atoms with Gasteiger partial charge >= 0.3 is 0 Å². The maximum atomic E-state index is 4.73. The van der Waals surface area contributed by atoms with Crippen molar-refractivity contribution in [2.45, 2.75) is 52.1 Å². The lowest BCUT2D eigenvalue weighted by Gasteiger charge is -2.39. The van der Waals surface area contributed by atoms with Crippen LogP contribution in [0.4, 0.5) is 0 Å². The number of piperidine rings is 2. The molecule has 2 saturated heterocycles. The van der Waals surface area contributed by atoms with Crippen LogP contribution >= 0.6 is 11.3 Å². The Kier molecular flexibility index (Phi) is 7.61. The number of aliphatic imine (C=N–C) groups is 1. The quantitative estimate of drug-likeness (QED) is 0.548. The first-order valence-corrected chi connectivity index (χ1v) is 12.6. The lowest BCUT2D eigenvalue weighted by molar-refractivity contribution is 0.172. The first kappa shape index (κ1) is 22.3. The Morgan fingerprint density at radius 2 is 2.10 bits per heavy atom. The van der Waals surface area contributed by atoms with E-state index in [-0.39, 0.29) is 0 Å². The fourth-order valence-corrected chi connectivity index (χ4v) is 5.56. The lowest BCUT2D eigenvalue weighted by atomic mass is 9.93. The summed E-state index contributed by atoms with van der Waals surface area (Å²) in [5.41, 5.74) is 1.24. The van der Waals surface area contributed by atoms with Crippen molar-refractivity contribution in [2.75, 3.05) is 39.8 Å². The van der Waals surface area contributed by atoms with E-state index in [1.165, 1.54) is 30.0 Å². The molecule has 2 aliphatic rings. The van der Waals surface area contributed by atoms with Crippen molar-refractivity contribution in [1.82, 2.24) is 29.7 Å². The number of aryl methyl sites for hydroxylation is 1. The molecule has 2 atom stereocenters. The van der Waals surface area contributed by atoms with Gasteiger partial charge in [0.1, 0.15) is 0 Å². The number of nitrogens with one attached hydrogen (secondary N) is 1. The number of aromatic nitrogens is 3. The average Bonchev–Trinajstić information content (AvgIpc) is 3.48. The Bertz CT molecular complexity index is 823. The first-order chi connectivity index (χ1) is 15.2. The summed E-state index contributed by atoms with van der Waals surface area (Å²) in [7, 11) is 1.91. The van der Waals surface area contributed by atoms with Gasteiger partial charge in [-0.15, -0.1) is 11.3 Å². The zero-order chi connectivity index (χ0) is 21.6. The summed E-state index contributed by atoms with van der Waals surface area (Å²) in [5, 5.41) is 7.17. The lowest BCUT2D eigenvalue weighted by Crippen LogP contribution is -2.50. The van der Waals surface area contributed by atoms with Crippen molar-refractivity contribution in [1.29, 1.82) is 0 Å². The second-order valence-electron chi connectivity index (χ2n) is 9.02.